The van der Waals surface area contributed by atoms with E-state index in [1.807, 2.05) is 19.1 Å². The highest BCUT2D eigenvalue weighted by Crippen LogP contribution is 2.36. The van der Waals surface area contributed by atoms with Crippen LogP contribution in [0, 0.1) is 5.41 Å². The fourth-order valence-corrected chi connectivity index (χ4v) is 2.97. The Bertz CT molecular complexity index is 493. The highest BCUT2D eigenvalue weighted by atomic mass is 16.1. The van der Waals surface area contributed by atoms with Crippen molar-refractivity contribution >= 4 is 11.7 Å². The molecule has 1 amide bonds. The Hall–Kier alpha value is -1.58. The summed E-state index contributed by atoms with van der Waals surface area (Å²) in [7, 11) is 0. The highest BCUT2D eigenvalue weighted by molar-refractivity contribution is 5.95. The number of rotatable bonds is 6. The lowest BCUT2D eigenvalue weighted by Gasteiger charge is -2.23. The van der Waals surface area contributed by atoms with Gasteiger partial charge in [-0.3, -0.25) is 4.79 Å². The first-order chi connectivity index (χ1) is 10.1. The third kappa shape index (κ3) is 4.19. The number of amides is 1. The third-order valence-electron chi connectivity index (χ3n) is 4.35. The zero-order valence-electron chi connectivity index (χ0n) is 13.5. The minimum atomic E-state index is 0.0133. The number of anilines is 1. The molecule has 2 N–H and O–H groups in total. The maximum absolute atomic E-state index is 12.4. The minimum absolute atomic E-state index is 0.0133. The summed E-state index contributed by atoms with van der Waals surface area (Å²) >= 11 is 0. The summed E-state index contributed by atoms with van der Waals surface area (Å²) in [5.41, 5.74) is 1.94. The summed E-state index contributed by atoms with van der Waals surface area (Å²) in [6, 6.07) is 3.74. The fourth-order valence-electron chi connectivity index (χ4n) is 2.97. The van der Waals surface area contributed by atoms with Gasteiger partial charge in [0, 0.05) is 24.3 Å². The van der Waals surface area contributed by atoms with Gasteiger partial charge in [0.25, 0.3) is 5.91 Å². The van der Waals surface area contributed by atoms with E-state index in [4.69, 9.17) is 0 Å². The van der Waals surface area contributed by atoms with Gasteiger partial charge in [0.15, 0.2) is 0 Å². The normalized spacial score (nSPS) is 16.7. The van der Waals surface area contributed by atoms with Crippen LogP contribution in [0.15, 0.2) is 12.1 Å². The lowest BCUT2D eigenvalue weighted by atomic mass is 9.89. The Morgan fingerprint density at radius 2 is 2.00 bits per heavy atom. The molecule has 0 aliphatic heterocycles. The predicted molar refractivity (Wildman–Crippen MR) is 86.7 cm³/mol. The van der Waals surface area contributed by atoms with E-state index in [-0.39, 0.29) is 11.3 Å². The lowest BCUT2D eigenvalue weighted by molar-refractivity contribution is 0.0934. The molecule has 0 spiro atoms. The number of aromatic nitrogens is 1. The second-order valence-electron chi connectivity index (χ2n) is 6.32. The van der Waals surface area contributed by atoms with Crippen LogP contribution in [0.25, 0.3) is 0 Å². The zero-order chi connectivity index (χ0) is 15.3. The number of carbonyl (C=O) groups excluding carboxylic acids is 1. The molecular formula is C17H27N3O. The summed E-state index contributed by atoms with van der Waals surface area (Å²) in [5.74, 6) is 0.799. The van der Waals surface area contributed by atoms with Gasteiger partial charge in [0.1, 0.15) is 5.82 Å². The summed E-state index contributed by atoms with van der Waals surface area (Å²) in [6.45, 7) is 7.93. The lowest BCUT2D eigenvalue weighted by Crippen LogP contribution is -2.34. The molecular weight excluding hydrogens is 262 g/mol. The van der Waals surface area contributed by atoms with E-state index < -0.39 is 0 Å². The summed E-state index contributed by atoms with van der Waals surface area (Å²) in [6.07, 6.45) is 5.83. The van der Waals surface area contributed by atoms with Gasteiger partial charge in [-0.25, -0.2) is 4.98 Å². The third-order valence-corrected chi connectivity index (χ3v) is 4.35. The quantitative estimate of drug-likeness (QED) is 0.844. The molecule has 0 atom stereocenters. The van der Waals surface area contributed by atoms with Crippen LogP contribution in [-0.4, -0.2) is 24.0 Å². The van der Waals surface area contributed by atoms with E-state index in [9.17, 15) is 4.79 Å². The van der Waals surface area contributed by atoms with Crippen LogP contribution < -0.4 is 10.6 Å². The molecule has 4 nitrogen and oxygen atoms in total. The first-order valence-corrected chi connectivity index (χ1v) is 8.09. The SMILES string of the molecule is CCNc1cc(C(=O)NCC2(C)CCCC2)cc(CC)n1. The van der Waals surface area contributed by atoms with Crippen molar-refractivity contribution in [2.75, 3.05) is 18.4 Å². The molecule has 116 valence electrons. The van der Waals surface area contributed by atoms with Crippen molar-refractivity contribution in [3.63, 3.8) is 0 Å². The maximum atomic E-state index is 12.4. The van der Waals surface area contributed by atoms with Crippen LogP contribution in [0.1, 0.15) is 62.5 Å². The summed E-state index contributed by atoms with van der Waals surface area (Å²) in [5, 5.41) is 6.30. The van der Waals surface area contributed by atoms with Crippen molar-refractivity contribution in [2.45, 2.75) is 52.9 Å². The molecule has 1 aromatic heterocycles. The standard InChI is InChI=1S/C17H27N3O/c1-4-14-10-13(11-15(20-14)18-5-2)16(21)19-12-17(3)8-6-7-9-17/h10-11H,4-9,12H2,1-3H3,(H,18,20)(H,19,21). The molecule has 21 heavy (non-hydrogen) atoms. The molecule has 0 bridgehead atoms. The monoisotopic (exact) mass is 289 g/mol. The van der Waals surface area contributed by atoms with Crippen molar-refractivity contribution < 1.29 is 4.79 Å². The van der Waals surface area contributed by atoms with E-state index in [0.29, 0.717) is 5.56 Å². The number of nitrogens with zero attached hydrogens (tertiary/aromatic N) is 1. The zero-order valence-corrected chi connectivity index (χ0v) is 13.5. The van der Waals surface area contributed by atoms with Crippen molar-refractivity contribution in [1.29, 1.82) is 0 Å². The molecule has 1 fully saturated rings. The van der Waals surface area contributed by atoms with Crippen molar-refractivity contribution in [2.24, 2.45) is 5.41 Å². The van der Waals surface area contributed by atoms with Crippen LogP contribution in [0.5, 0.6) is 0 Å². The largest absolute Gasteiger partial charge is 0.370 e. The molecule has 1 heterocycles. The molecule has 1 saturated carbocycles. The van der Waals surface area contributed by atoms with E-state index in [1.165, 1.54) is 25.7 Å². The fraction of sp³-hybridized carbons (Fsp3) is 0.647. The van der Waals surface area contributed by atoms with Gasteiger partial charge in [-0.05, 0) is 43.7 Å². The van der Waals surface area contributed by atoms with Crippen LogP contribution in [-0.2, 0) is 6.42 Å². The number of carbonyl (C=O) groups is 1. The molecule has 1 aliphatic carbocycles. The number of hydrogen-bond donors (Lipinski definition) is 2. The Morgan fingerprint density at radius 1 is 1.29 bits per heavy atom. The molecule has 1 aromatic rings. The Balaban J connectivity index is 2.05. The number of aryl methyl sites for hydroxylation is 1. The predicted octanol–water partition coefficient (Wildman–Crippen LogP) is 3.39. The van der Waals surface area contributed by atoms with Gasteiger partial charge in [-0.1, -0.05) is 26.7 Å². The first-order valence-electron chi connectivity index (χ1n) is 8.09. The van der Waals surface area contributed by atoms with Gasteiger partial charge < -0.3 is 10.6 Å². The summed E-state index contributed by atoms with van der Waals surface area (Å²) < 4.78 is 0. The summed E-state index contributed by atoms with van der Waals surface area (Å²) in [4.78, 5) is 16.9. The van der Waals surface area contributed by atoms with Gasteiger partial charge >= 0.3 is 0 Å². The van der Waals surface area contributed by atoms with Gasteiger partial charge in [0.05, 0.1) is 0 Å². The maximum Gasteiger partial charge on any atom is 0.251 e. The topological polar surface area (TPSA) is 54.0 Å². The van der Waals surface area contributed by atoms with Crippen molar-refractivity contribution in [3.05, 3.63) is 23.4 Å². The van der Waals surface area contributed by atoms with Crippen LogP contribution in [0.4, 0.5) is 5.82 Å². The molecule has 0 aromatic carbocycles. The van der Waals surface area contributed by atoms with Crippen LogP contribution in [0.2, 0.25) is 0 Å². The van der Waals surface area contributed by atoms with E-state index in [1.54, 1.807) is 0 Å². The van der Waals surface area contributed by atoms with E-state index >= 15 is 0 Å². The average molecular weight is 289 g/mol. The number of hydrogen-bond acceptors (Lipinski definition) is 3. The van der Waals surface area contributed by atoms with Gasteiger partial charge in [-0.15, -0.1) is 0 Å². The molecule has 0 unspecified atom stereocenters. The highest BCUT2D eigenvalue weighted by Gasteiger charge is 2.29. The average Bonchev–Trinajstić information content (AvgIpc) is 2.92. The molecule has 0 saturated heterocycles. The van der Waals surface area contributed by atoms with Gasteiger partial charge in [-0.2, -0.15) is 0 Å². The minimum Gasteiger partial charge on any atom is -0.370 e. The first kappa shape index (κ1) is 15.8. The smallest absolute Gasteiger partial charge is 0.251 e. The molecule has 4 heteroatoms. The van der Waals surface area contributed by atoms with Crippen molar-refractivity contribution in [1.82, 2.24) is 10.3 Å². The Morgan fingerprint density at radius 3 is 2.62 bits per heavy atom. The van der Waals surface area contributed by atoms with E-state index in [0.717, 1.165) is 31.0 Å². The van der Waals surface area contributed by atoms with Gasteiger partial charge in [0.2, 0.25) is 0 Å². The Labute approximate surface area is 127 Å². The van der Waals surface area contributed by atoms with E-state index in [2.05, 4.69) is 29.5 Å². The van der Waals surface area contributed by atoms with Crippen LogP contribution in [0.3, 0.4) is 0 Å². The van der Waals surface area contributed by atoms with Crippen LogP contribution >= 0.6 is 0 Å². The second-order valence-corrected chi connectivity index (χ2v) is 6.32. The second kappa shape index (κ2) is 6.92. The number of nitrogens with one attached hydrogen (secondary N) is 2. The Kier molecular flexibility index (Phi) is 5.21. The molecule has 1 aliphatic rings. The molecule has 2 rings (SSSR count). The number of pyridine rings is 1. The molecule has 0 radical (unpaired) electrons. The van der Waals surface area contributed by atoms with Crippen molar-refractivity contribution in [3.8, 4) is 0 Å².